The molecule has 21 heavy (non-hydrogen) atoms. The van der Waals surface area contributed by atoms with Gasteiger partial charge in [-0.25, -0.2) is 8.42 Å². The third-order valence-corrected chi connectivity index (χ3v) is 4.38. The van der Waals surface area contributed by atoms with Crippen LogP contribution in [0.15, 0.2) is 41.4 Å². The van der Waals surface area contributed by atoms with E-state index in [-0.39, 0.29) is 10.9 Å². The van der Waals surface area contributed by atoms with Gasteiger partial charge >= 0.3 is 0 Å². The van der Waals surface area contributed by atoms with E-state index in [1.165, 1.54) is 12.1 Å². The minimum atomic E-state index is -3.27. The van der Waals surface area contributed by atoms with Gasteiger partial charge in [0.15, 0.2) is 9.84 Å². The summed E-state index contributed by atoms with van der Waals surface area (Å²) in [5, 5.41) is 14.7. The Morgan fingerprint density at radius 1 is 1.29 bits per heavy atom. The molecule has 0 aliphatic rings. The summed E-state index contributed by atoms with van der Waals surface area (Å²) in [7, 11) is -3.27. The Morgan fingerprint density at radius 2 is 2.00 bits per heavy atom. The fraction of sp³-hybridized carbons (Fsp3) is 0.400. The average Bonchev–Trinajstić information content (AvgIpc) is 2.86. The molecule has 1 heterocycles. The molecule has 0 amide bonds. The van der Waals surface area contributed by atoms with E-state index < -0.39 is 15.9 Å². The highest BCUT2D eigenvalue weighted by atomic mass is 32.2. The molecule has 114 valence electrons. The van der Waals surface area contributed by atoms with Gasteiger partial charge in [0.2, 0.25) is 0 Å². The molecule has 5 nitrogen and oxygen atoms in total. The van der Waals surface area contributed by atoms with Gasteiger partial charge in [-0.15, -0.1) is 0 Å². The van der Waals surface area contributed by atoms with Crippen molar-refractivity contribution in [3.05, 3.63) is 47.8 Å². The van der Waals surface area contributed by atoms with Gasteiger partial charge in [0, 0.05) is 24.9 Å². The Labute approximate surface area is 125 Å². The molecule has 0 radical (unpaired) electrons. The molecule has 1 atom stereocenters. The Balaban J connectivity index is 2.18. The highest BCUT2D eigenvalue weighted by Gasteiger charge is 2.14. The third-order valence-electron chi connectivity index (χ3n) is 3.27. The second-order valence-electron chi connectivity index (χ2n) is 5.45. The zero-order valence-corrected chi connectivity index (χ0v) is 13.2. The highest BCUT2D eigenvalue weighted by molar-refractivity contribution is 7.90. The molecule has 0 aliphatic carbocycles. The summed E-state index contributed by atoms with van der Waals surface area (Å²) in [5.41, 5.74) is 1.36. The van der Waals surface area contributed by atoms with Gasteiger partial charge in [-0.05, 0) is 37.6 Å². The number of aliphatic hydroxyl groups is 1. The summed E-state index contributed by atoms with van der Waals surface area (Å²) in [6.45, 7) is 4.06. The zero-order chi connectivity index (χ0) is 15.6. The first-order valence-corrected chi connectivity index (χ1v) is 8.68. The summed E-state index contributed by atoms with van der Waals surface area (Å²) >= 11 is 0. The molecule has 0 saturated carbocycles. The van der Waals surface area contributed by atoms with Crippen molar-refractivity contribution in [1.82, 2.24) is 9.78 Å². The summed E-state index contributed by atoms with van der Waals surface area (Å²) in [6, 6.07) is 8.53. The number of nitrogens with zero attached hydrogens (tertiary/aromatic N) is 2. The number of benzene rings is 1. The van der Waals surface area contributed by atoms with E-state index in [1.807, 2.05) is 30.8 Å². The second-order valence-corrected chi connectivity index (χ2v) is 7.46. The van der Waals surface area contributed by atoms with E-state index in [9.17, 15) is 13.5 Å². The summed E-state index contributed by atoms with van der Waals surface area (Å²) in [6.07, 6.45) is 2.61. The Morgan fingerprint density at radius 3 is 2.57 bits per heavy atom. The van der Waals surface area contributed by atoms with Crippen LogP contribution in [0.1, 0.15) is 37.3 Å². The van der Waals surface area contributed by atoms with Crippen LogP contribution in [0.3, 0.4) is 0 Å². The summed E-state index contributed by atoms with van der Waals surface area (Å²) < 4.78 is 24.9. The normalized spacial score (nSPS) is 13.6. The topological polar surface area (TPSA) is 72.2 Å². The highest BCUT2D eigenvalue weighted by Crippen LogP contribution is 2.21. The van der Waals surface area contributed by atoms with Crippen LogP contribution < -0.4 is 0 Å². The van der Waals surface area contributed by atoms with Crippen LogP contribution in [-0.4, -0.2) is 29.6 Å². The first-order valence-electron chi connectivity index (χ1n) is 6.79. The quantitative estimate of drug-likeness (QED) is 0.918. The molecule has 1 unspecified atom stereocenters. The maximum Gasteiger partial charge on any atom is 0.175 e. The van der Waals surface area contributed by atoms with Crippen molar-refractivity contribution in [2.75, 3.05) is 6.26 Å². The second kappa shape index (κ2) is 5.99. The lowest BCUT2D eigenvalue weighted by Crippen LogP contribution is -2.06. The van der Waals surface area contributed by atoms with Crippen molar-refractivity contribution in [3.63, 3.8) is 0 Å². The van der Waals surface area contributed by atoms with E-state index in [0.29, 0.717) is 12.0 Å². The summed E-state index contributed by atoms with van der Waals surface area (Å²) in [4.78, 5) is 0.215. The number of hydrogen-bond acceptors (Lipinski definition) is 4. The van der Waals surface area contributed by atoms with Crippen molar-refractivity contribution < 1.29 is 13.5 Å². The van der Waals surface area contributed by atoms with Crippen LogP contribution in [0.4, 0.5) is 0 Å². The van der Waals surface area contributed by atoms with Crippen LogP contribution in [0.25, 0.3) is 0 Å². The van der Waals surface area contributed by atoms with Crippen LogP contribution in [0.2, 0.25) is 0 Å². The molecule has 0 aliphatic heterocycles. The Bertz CT molecular complexity index is 720. The monoisotopic (exact) mass is 308 g/mol. The molecule has 1 aromatic heterocycles. The lowest BCUT2D eigenvalue weighted by atomic mass is 10.1. The molecule has 0 saturated heterocycles. The minimum absolute atomic E-state index is 0.215. The zero-order valence-electron chi connectivity index (χ0n) is 12.4. The summed E-state index contributed by atoms with van der Waals surface area (Å²) in [5.74, 6) is 0. The fourth-order valence-corrected chi connectivity index (χ4v) is 2.72. The molecule has 1 aromatic carbocycles. The number of hydrogen-bond donors (Lipinski definition) is 1. The third kappa shape index (κ3) is 3.92. The van der Waals surface area contributed by atoms with E-state index in [0.717, 1.165) is 11.9 Å². The molecular formula is C15H20N2O3S. The number of aliphatic hydroxyl groups excluding tert-OH is 1. The Hall–Kier alpha value is -1.66. The van der Waals surface area contributed by atoms with Crippen molar-refractivity contribution in [2.45, 2.75) is 37.3 Å². The van der Waals surface area contributed by atoms with E-state index in [1.54, 1.807) is 12.1 Å². The van der Waals surface area contributed by atoms with E-state index >= 15 is 0 Å². The largest absolute Gasteiger partial charge is 0.388 e. The van der Waals surface area contributed by atoms with Crippen molar-refractivity contribution in [2.24, 2.45) is 0 Å². The SMILES string of the molecule is CC(C)n1ccc(CC(O)c2cccc(S(C)(=O)=O)c2)n1. The van der Waals surface area contributed by atoms with Gasteiger partial charge in [0.1, 0.15) is 0 Å². The molecule has 2 aromatic rings. The lowest BCUT2D eigenvalue weighted by Gasteiger charge is -2.11. The molecule has 0 fully saturated rings. The maximum absolute atomic E-state index is 11.5. The van der Waals surface area contributed by atoms with Gasteiger partial charge in [0.05, 0.1) is 16.7 Å². The first kappa shape index (κ1) is 15.7. The molecule has 1 N–H and O–H groups in total. The van der Waals surface area contributed by atoms with Crippen LogP contribution in [-0.2, 0) is 16.3 Å². The van der Waals surface area contributed by atoms with Crippen molar-refractivity contribution >= 4 is 9.84 Å². The number of aromatic nitrogens is 2. The molecule has 0 spiro atoms. The van der Waals surface area contributed by atoms with Crippen LogP contribution >= 0.6 is 0 Å². The average molecular weight is 308 g/mol. The van der Waals surface area contributed by atoms with E-state index in [4.69, 9.17) is 0 Å². The van der Waals surface area contributed by atoms with Gasteiger partial charge in [0.25, 0.3) is 0 Å². The van der Waals surface area contributed by atoms with Gasteiger partial charge in [-0.3, -0.25) is 4.68 Å². The lowest BCUT2D eigenvalue weighted by molar-refractivity contribution is 0.176. The molecular weight excluding hydrogens is 288 g/mol. The smallest absolute Gasteiger partial charge is 0.175 e. The predicted octanol–water partition coefficient (Wildman–Crippen LogP) is 2.14. The van der Waals surface area contributed by atoms with E-state index in [2.05, 4.69) is 5.10 Å². The number of rotatable bonds is 5. The fourth-order valence-electron chi connectivity index (χ4n) is 2.04. The minimum Gasteiger partial charge on any atom is -0.388 e. The maximum atomic E-state index is 11.5. The standard InChI is InChI=1S/C15H20N2O3S/c1-11(2)17-8-7-13(16-17)10-15(18)12-5-4-6-14(9-12)21(3,19)20/h4-9,11,15,18H,10H2,1-3H3. The first-order chi connectivity index (χ1) is 9.77. The van der Waals surface area contributed by atoms with Crippen LogP contribution in [0.5, 0.6) is 0 Å². The number of sulfone groups is 1. The van der Waals surface area contributed by atoms with Crippen molar-refractivity contribution in [1.29, 1.82) is 0 Å². The molecule has 2 rings (SSSR count). The molecule has 6 heteroatoms. The van der Waals surface area contributed by atoms with Crippen LogP contribution in [0, 0.1) is 0 Å². The van der Waals surface area contributed by atoms with Gasteiger partial charge in [-0.2, -0.15) is 5.10 Å². The van der Waals surface area contributed by atoms with Crippen molar-refractivity contribution in [3.8, 4) is 0 Å². The Kier molecular flexibility index (Phi) is 4.49. The predicted molar refractivity (Wildman–Crippen MR) is 80.8 cm³/mol. The molecule has 0 bridgehead atoms. The van der Waals surface area contributed by atoms with Gasteiger partial charge < -0.3 is 5.11 Å². The van der Waals surface area contributed by atoms with Gasteiger partial charge in [-0.1, -0.05) is 12.1 Å².